The summed E-state index contributed by atoms with van der Waals surface area (Å²) in [5.74, 6) is -0.248. The van der Waals surface area contributed by atoms with Crippen molar-refractivity contribution in [1.29, 1.82) is 0 Å². The highest BCUT2D eigenvalue weighted by molar-refractivity contribution is 5.84. The first kappa shape index (κ1) is 9.72. The largest absolute Gasteiger partial charge is 0.392 e. The molecule has 0 aromatic rings. The molecule has 0 rings (SSSR count). The molecule has 72 valence electrons. The van der Waals surface area contributed by atoms with E-state index in [0.717, 1.165) is 0 Å². The van der Waals surface area contributed by atoms with E-state index < -0.39 is 17.9 Å². The lowest BCUT2D eigenvalue weighted by molar-refractivity contribution is -0.128. The minimum Gasteiger partial charge on any atom is -0.392 e. The van der Waals surface area contributed by atoms with Gasteiger partial charge in [-0.2, -0.15) is 0 Å². The van der Waals surface area contributed by atoms with Crippen LogP contribution < -0.4 is 0 Å². The summed E-state index contributed by atoms with van der Waals surface area (Å²) >= 11 is 0. The lowest BCUT2D eigenvalue weighted by atomic mass is 9.86. The van der Waals surface area contributed by atoms with E-state index in [-0.39, 0.29) is 11.7 Å². The molecule has 0 aliphatic carbocycles. The van der Waals surface area contributed by atoms with Crippen molar-refractivity contribution < 1.29 is 11.3 Å². The average Bonchev–Trinajstić information content (AvgIpc) is 1.98. The van der Waals surface area contributed by atoms with Gasteiger partial charge in [0.25, 0.3) is 0 Å². The van der Waals surface area contributed by atoms with Crippen LogP contribution in [0.5, 0.6) is 0 Å². The van der Waals surface area contributed by atoms with Crippen molar-refractivity contribution >= 4 is 5.78 Å². The van der Waals surface area contributed by atoms with Crippen LogP contribution in [0.2, 0.25) is 0 Å². The molecule has 0 saturated carbocycles. The summed E-state index contributed by atoms with van der Waals surface area (Å²) in [7, 11) is 0. The van der Waals surface area contributed by atoms with Crippen molar-refractivity contribution in [2.24, 2.45) is 11.3 Å². The molecular formula is C10H20O2. The van der Waals surface area contributed by atoms with Gasteiger partial charge in [-0.15, -0.1) is 0 Å². The van der Waals surface area contributed by atoms with Gasteiger partial charge >= 0.3 is 0 Å². The Hall–Kier alpha value is -0.370. The lowest BCUT2D eigenvalue weighted by Gasteiger charge is -2.20. The fourth-order valence-electron chi connectivity index (χ4n) is 0.598. The normalized spacial score (nSPS) is 18.8. The maximum absolute atomic E-state index is 11.6. The maximum Gasteiger partial charge on any atom is 0.140 e. The summed E-state index contributed by atoms with van der Waals surface area (Å²) in [6.07, 6.45) is -1.87. The van der Waals surface area contributed by atoms with Crippen LogP contribution in [0.25, 0.3) is 0 Å². The second-order valence-electron chi connectivity index (χ2n) is 4.52. The molecule has 0 amide bonds. The van der Waals surface area contributed by atoms with Crippen LogP contribution in [0.15, 0.2) is 0 Å². The van der Waals surface area contributed by atoms with Gasteiger partial charge in [0.15, 0.2) is 0 Å². The Morgan fingerprint density at radius 3 is 2.17 bits per heavy atom. The summed E-state index contributed by atoms with van der Waals surface area (Å²) in [4.78, 5) is 11.6. The third kappa shape index (κ3) is 3.86. The first-order valence-corrected chi connectivity index (χ1v) is 4.32. The molecule has 0 aliphatic rings. The smallest absolute Gasteiger partial charge is 0.140 e. The van der Waals surface area contributed by atoms with Gasteiger partial charge in [0, 0.05) is 13.2 Å². The molecule has 0 saturated heterocycles. The molecule has 0 heterocycles. The van der Waals surface area contributed by atoms with Crippen LogP contribution in [0, 0.1) is 11.3 Å². The van der Waals surface area contributed by atoms with Crippen LogP contribution in [0.1, 0.15) is 42.4 Å². The number of hydrogen-bond acceptors (Lipinski definition) is 2. The molecule has 0 aromatic carbocycles. The average molecular weight is 173 g/mol. The Kier molecular flexibility index (Phi) is 3.27. The van der Waals surface area contributed by atoms with E-state index in [1.165, 1.54) is 0 Å². The number of ketones is 1. The molecule has 0 bridgehead atoms. The SMILES string of the molecule is [2H][C@@H](C(=O)C(C)(C)C)[C@H](O)C(C)C. The van der Waals surface area contributed by atoms with Gasteiger partial charge in [-0.1, -0.05) is 34.6 Å². The fourth-order valence-corrected chi connectivity index (χ4v) is 0.598. The minimum absolute atomic E-state index is 0.0474. The number of rotatable bonds is 3. The van der Waals surface area contributed by atoms with Crippen LogP contribution in [0.3, 0.4) is 0 Å². The van der Waals surface area contributed by atoms with Crippen molar-refractivity contribution in [2.45, 2.75) is 47.1 Å². The standard InChI is InChI=1S/C10H20O2/c1-7(2)8(11)6-9(12)10(3,4)5/h7-8,11H,6H2,1-5H3/t8-/m0/s1/i6D/t6-,8+/m1. The molecule has 0 aromatic heterocycles. The maximum atomic E-state index is 11.6. The molecule has 1 N–H and O–H groups in total. The topological polar surface area (TPSA) is 37.3 Å². The van der Waals surface area contributed by atoms with Crippen LogP contribution >= 0.6 is 0 Å². The molecular weight excluding hydrogens is 152 g/mol. The Morgan fingerprint density at radius 2 is 1.92 bits per heavy atom. The first-order valence-electron chi connectivity index (χ1n) is 4.90. The van der Waals surface area contributed by atoms with Crippen molar-refractivity contribution in [3.8, 4) is 0 Å². The molecule has 0 radical (unpaired) electrons. The predicted molar refractivity (Wildman–Crippen MR) is 49.9 cm³/mol. The number of carbonyl (C=O) groups is 1. The summed E-state index contributed by atoms with van der Waals surface area (Å²) in [5, 5.41) is 9.52. The zero-order chi connectivity index (χ0) is 10.8. The summed E-state index contributed by atoms with van der Waals surface area (Å²) in [5.41, 5.74) is -0.539. The predicted octanol–water partition coefficient (Wildman–Crippen LogP) is 2.01. The van der Waals surface area contributed by atoms with Crippen molar-refractivity contribution in [3.63, 3.8) is 0 Å². The van der Waals surface area contributed by atoms with Gasteiger partial charge in [-0.3, -0.25) is 4.79 Å². The van der Waals surface area contributed by atoms with E-state index in [4.69, 9.17) is 1.37 Å². The molecule has 12 heavy (non-hydrogen) atoms. The van der Waals surface area contributed by atoms with E-state index in [1.807, 2.05) is 13.8 Å². The summed E-state index contributed by atoms with van der Waals surface area (Å²) in [6, 6.07) is 0. The first-order chi connectivity index (χ1) is 5.68. The van der Waals surface area contributed by atoms with Crippen molar-refractivity contribution in [3.05, 3.63) is 0 Å². The van der Waals surface area contributed by atoms with Gasteiger partial charge in [0.2, 0.25) is 0 Å². The van der Waals surface area contributed by atoms with E-state index in [1.54, 1.807) is 20.8 Å². The molecule has 2 nitrogen and oxygen atoms in total. The lowest BCUT2D eigenvalue weighted by Crippen LogP contribution is -2.27. The molecule has 2 atom stereocenters. The van der Waals surface area contributed by atoms with Gasteiger partial charge in [-0.05, 0) is 5.92 Å². The van der Waals surface area contributed by atoms with Crippen molar-refractivity contribution in [2.75, 3.05) is 0 Å². The van der Waals surface area contributed by atoms with Crippen LogP contribution in [-0.4, -0.2) is 17.0 Å². The number of carbonyl (C=O) groups excluding carboxylic acids is 1. The van der Waals surface area contributed by atoms with E-state index in [9.17, 15) is 9.90 Å². The van der Waals surface area contributed by atoms with Crippen LogP contribution in [0.4, 0.5) is 0 Å². The van der Waals surface area contributed by atoms with E-state index in [2.05, 4.69) is 0 Å². The number of aliphatic hydroxyl groups is 1. The number of hydrogen-bond donors (Lipinski definition) is 1. The third-order valence-corrected chi connectivity index (χ3v) is 1.74. The van der Waals surface area contributed by atoms with Gasteiger partial charge in [0.05, 0.1) is 6.10 Å². The Balaban J connectivity index is 4.44. The Bertz CT molecular complexity index is 182. The highest BCUT2D eigenvalue weighted by Gasteiger charge is 2.24. The monoisotopic (exact) mass is 173 g/mol. The molecule has 0 unspecified atom stereocenters. The molecule has 2 heteroatoms. The second-order valence-corrected chi connectivity index (χ2v) is 4.52. The second kappa shape index (κ2) is 4.04. The number of aliphatic hydroxyl groups excluding tert-OH is 1. The van der Waals surface area contributed by atoms with Gasteiger partial charge in [0.1, 0.15) is 5.78 Å². The highest BCUT2D eigenvalue weighted by Crippen LogP contribution is 2.19. The highest BCUT2D eigenvalue weighted by atomic mass is 16.3. The summed E-state index contributed by atoms with van der Waals surface area (Å²) < 4.78 is 7.57. The Labute approximate surface area is 76.4 Å². The van der Waals surface area contributed by atoms with Gasteiger partial charge < -0.3 is 5.11 Å². The zero-order valence-electron chi connectivity index (χ0n) is 9.59. The number of Topliss-reactive ketones (excluding diaryl/α,β-unsaturated/α-hetero) is 1. The fraction of sp³-hybridized carbons (Fsp3) is 0.900. The van der Waals surface area contributed by atoms with Gasteiger partial charge in [-0.25, -0.2) is 0 Å². The molecule has 0 spiro atoms. The van der Waals surface area contributed by atoms with Crippen LogP contribution in [-0.2, 0) is 4.79 Å². The van der Waals surface area contributed by atoms with Crippen molar-refractivity contribution in [1.82, 2.24) is 0 Å². The van der Waals surface area contributed by atoms with E-state index in [0.29, 0.717) is 0 Å². The zero-order valence-corrected chi connectivity index (χ0v) is 8.59. The van der Waals surface area contributed by atoms with E-state index >= 15 is 0 Å². The third-order valence-electron chi connectivity index (χ3n) is 1.74. The summed E-state index contributed by atoms with van der Waals surface area (Å²) in [6.45, 7) is 8.92. The molecule has 0 fully saturated rings. The molecule has 0 aliphatic heterocycles. The Morgan fingerprint density at radius 1 is 1.50 bits per heavy atom. The minimum atomic E-state index is -1.01. The quantitative estimate of drug-likeness (QED) is 0.709.